The number of hydrazine groups is 1. The maximum atomic E-state index is 13.1. The Hall–Kier alpha value is -1.85. The van der Waals surface area contributed by atoms with Crippen molar-refractivity contribution in [1.82, 2.24) is 10.4 Å². The van der Waals surface area contributed by atoms with Gasteiger partial charge in [0.05, 0.1) is 11.7 Å². The first-order chi connectivity index (χ1) is 9.08. The standard InChI is InChI=1S/C14H15F2N3/c1-9-3-2-4-13(18-9)14(19-17)7-10-5-11(15)8-12(16)6-10/h2-6,8,14,19H,7,17H2,1H3. The fourth-order valence-electron chi connectivity index (χ4n) is 1.97. The second kappa shape index (κ2) is 5.86. The van der Waals surface area contributed by atoms with Crippen LogP contribution in [0.5, 0.6) is 0 Å². The summed E-state index contributed by atoms with van der Waals surface area (Å²) in [4.78, 5) is 4.36. The summed E-state index contributed by atoms with van der Waals surface area (Å²) in [6, 6.07) is 8.72. The van der Waals surface area contributed by atoms with Crippen LogP contribution in [0.1, 0.15) is 23.0 Å². The first-order valence-electron chi connectivity index (χ1n) is 5.93. The highest BCUT2D eigenvalue weighted by Gasteiger charge is 2.13. The zero-order valence-corrected chi connectivity index (χ0v) is 10.5. The second-order valence-corrected chi connectivity index (χ2v) is 4.40. The zero-order valence-electron chi connectivity index (χ0n) is 10.5. The lowest BCUT2D eigenvalue weighted by Gasteiger charge is -2.16. The van der Waals surface area contributed by atoms with Crippen LogP contribution < -0.4 is 11.3 Å². The highest BCUT2D eigenvalue weighted by molar-refractivity contribution is 5.22. The monoisotopic (exact) mass is 263 g/mol. The molecule has 19 heavy (non-hydrogen) atoms. The summed E-state index contributed by atoms with van der Waals surface area (Å²) in [6.45, 7) is 1.87. The van der Waals surface area contributed by atoms with Crippen molar-refractivity contribution in [2.24, 2.45) is 5.84 Å². The van der Waals surface area contributed by atoms with Crippen molar-refractivity contribution in [1.29, 1.82) is 0 Å². The van der Waals surface area contributed by atoms with E-state index in [0.29, 0.717) is 12.0 Å². The molecule has 0 saturated heterocycles. The molecule has 100 valence electrons. The van der Waals surface area contributed by atoms with Gasteiger partial charge in [-0.15, -0.1) is 0 Å². The number of nitrogens with two attached hydrogens (primary N) is 1. The van der Waals surface area contributed by atoms with E-state index in [2.05, 4.69) is 10.4 Å². The van der Waals surface area contributed by atoms with Crippen molar-refractivity contribution in [2.45, 2.75) is 19.4 Å². The summed E-state index contributed by atoms with van der Waals surface area (Å²) >= 11 is 0. The molecule has 0 saturated carbocycles. The molecule has 1 heterocycles. The molecule has 3 nitrogen and oxygen atoms in total. The van der Waals surface area contributed by atoms with Gasteiger partial charge in [0.2, 0.25) is 0 Å². The van der Waals surface area contributed by atoms with Crippen molar-refractivity contribution in [3.63, 3.8) is 0 Å². The van der Waals surface area contributed by atoms with Crippen molar-refractivity contribution in [2.75, 3.05) is 0 Å². The van der Waals surface area contributed by atoms with Crippen molar-refractivity contribution >= 4 is 0 Å². The van der Waals surface area contributed by atoms with Gasteiger partial charge in [-0.2, -0.15) is 0 Å². The Bertz CT molecular complexity index is 552. The van der Waals surface area contributed by atoms with Crippen LogP contribution >= 0.6 is 0 Å². The summed E-state index contributed by atoms with van der Waals surface area (Å²) in [5, 5.41) is 0. The molecule has 1 aromatic heterocycles. The molecule has 0 radical (unpaired) electrons. The number of hydrogen-bond acceptors (Lipinski definition) is 3. The molecule has 0 amide bonds. The van der Waals surface area contributed by atoms with Crippen LogP contribution in [0.2, 0.25) is 0 Å². The molecular weight excluding hydrogens is 248 g/mol. The van der Waals surface area contributed by atoms with Gasteiger partial charge in [0.1, 0.15) is 11.6 Å². The number of halogens is 2. The van der Waals surface area contributed by atoms with E-state index in [9.17, 15) is 8.78 Å². The number of benzene rings is 1. The second-order valence-electron chi connectivity index (χ2n) is 4.40. The molecule has 3 N–H and O–H groups in total. The SMILES string of the molecule is Cc1cccc(C(Cc2cc(F)cc(F)c2)NN)n1. The molecule has 2 rings (SSSR count). The predicted molar refractivity (Wildman–Crippen MR) is 69.1 cm³/mol. The number of aromatic nitrogens is 1. The van der Waals surface area contributed by atoms with Crippen molar-refractivity contribution in [3.8, 4) is 0 Å². The molecule has 0 aliphatic carbocycles. The average molecular weight is 263 g/mol. The van der Waals surface area contributed by atoms with Gasteiger partial charge in [-0.3, -0.25) is 16.3 Å². The molecule has 2 aromatic rings. The normalized spacial score (nSPS) is 12.4. The van der Waals surface area contributed by atoms with Gasteiger partial charge in [-0.1, -0.05) is 6.07 Å². The Kier molecular flexibility index (Phi) is 4.19. The molecule has 1 aromatic carbocycles. The summed E-state index contributed by atoms with van der Waals surface area (Å²) in [6.07, 6.45) is 0.363. The molecule has 5 heteroatoms. The van der Waals surface area contributed by atoms with Crippen LogP contribution in [0.3, 0.4) is 0 Å². The summed E-state index contributed by atoms with van der Waals surface area (Å²) in [5.41, 5.74) is 4.76. The Labute approximate surface area is 110 Å². The van der Waals surface area contributed by atoms with E-state index in [4.69, 9.17) is 5.84 Å². The lowest BCUT2D eigenvalue weighted by molar-refractivity contribution is 0.528. The van der Waals surface area contributed by atoms with E-state index in [0.717, 1.165) is 17.5 Å². The third kappa shape index (κ3) is 3.56. The van der Waals surface area contributed by atoms with Crippen LogP contribution in [0, 0.1) is 18.6 Å². The molecule has 1 atom stereocenters. The van der Waals surface area contributed by atoms with E-state index in [1.807, 2.05) is 25.1 Å². The molecule has 1 unspecified atom stereocenters. The van der Waals surface area contributed by atoms with E-state index in [1.165, 1.54) is 12.1 Å². The lowest BCUT2D eigenvalue weighted by Crippen LogP contribution is -2.30. The van der Waals surface area contributed by atoms with Crippen molar-refractivity contribution < 1.29 is 8.78 Å². The smallest absolute Gasteiger partial charge is 0.126 e. The van der Waals surface area contributed by atoms with Crippen molar-refractivity contribution in [3.05, 3.63) is 65.0 Å². The van der Waals surface area contributed by atoms with Crippen LogP contribution in [0.15, 0.2) is 36.4 Å². The molecule has 0 aliphatic heterocycles. The zero-order chi connectivity index (χ0) is 13.8. The molecule has 0 fully saturated rings. The first-order valence-corrected chi connectivity index (χ1v) is 5.93. The van der Waals surface area contributed by atoms with E-state index in [1.54, 1.807) is 0 Å². The first kappa shape index (κ1) is 13.6. The van der Waals surface area contributed by atoms with E-state index < -0.39 is 11.6 Å². The van der Waals surface area contributed by atoms with Crippen LogP contribution in [-0.2, 0) is 6.42 Å². The summed E-state index contributed by atoms with van der Waals surface area (Å²) in [7, 11) is 0. The molecule has 0 spiro atoms. The number of nitrogens with one attached hydrogen (secondary N) is 1. The number of rotatable bonds is 4. The lowest BCUT2D eigenvalue weighted by atomic mass is 10.0. The minimum absolute atomic E-state index is 0.291. The molecular formula is C14H15F2N3. The number of hydrogen-bond donors (Lipinski definition) is 2. The average Bonchev–Trinajstić information content (AvgIpc) is 2.34. The Morgan fingerprint density at radius 1 is 1.21 bits per heavy atom. The summed E-state index contributed by atoms with van der Waals surface area (Å²) in [5.74, 6) is 4.31. The quantitative estimate of drug-likeness (QED) is 0.658. The van der Waals surface area contributed by atoms with Crippen LogP contribution in [-0.4, -0.2) is 4.98 Å². The third-order valence-electron chi connectivity index (χ3n) is 2.83. The fourth-order valence-corrected chi connectivity index (χ4v) is 1.97. The maximum absolute atomic E-state index is 13.1. The number of nitrogens with zero attached hydrogens (tertiary/aromatic N) is 1. The Balaban J connectivity index is 2.23. The minimum atomic E-state index is -0.594. The van der Waals surface area contributed by atoms with Gasteiger partial charge in [-0.05, 0) is 43.2 Å². The third-order valence-corrected chi connectivity index (χ3v) is 2.83. The Morgan fingerprint density at radius 2 is 1.89 bits per heavy atom. The van der Waals surface area contributed by atoms with E-state index in [-0.39, 0.29) is 6.04 Å². The fraction of sp³-hybridized carbons (Fsp3) is 0.214. The topological polar surface area (TPSA) is 50.9 Å². The highest BCUT2D eigenvalue weighted by atomic mass is 19.1. The minimum Gasteiger partial charge on any atom is -0.271 e. The number of aryl methyl sites for hydroxylation is 1. The van der Waals surface area contributed by atoms with Crippen LogP contribution in [0.4, 0.5) is 8.78 Å². The van der Waals surface area contributed by atoms with Gasteiger partial charge < -0.3 is 0 Å². The molecule has 0 bridgehead atoms. The summed E-state index contributed by atoms with van der Waals surface area (Å²) < 4.78 is 26.3. The predicted octanol–water partition coefficient (Wildman–Crippen LogP) is 2.42. The van der Waals surface area contributed by atoms with Gasteiger partial charge in [-0.25, -0.2) is 8.78 Å². The van der Waals surface area contributed by atoms with Gasteiger partial charge >= 0.3 is 0 Å². The van der Waals surface area contributed by atoms with Gasteiger partial charge in [0, 0.05) is 11.8 Å². The van der Waals surface area contributed by atoms with E-state index >= 15 is 0 Å². The number of pyridine rings is 1. The largest absolute Gasteiger partial charge is 0.271 e. The van der Waals surface area contributed by atoms with Gasteiger partial charge in [0.25, 0.3) is 0 Å². The van der Waals surface area contributed by atoms with Crippen LogP contribution in [0.25, 0.3) is 0 Å². The Morgan fingerprint density at radius 3 is 2.47 bits per heavy atom. The molecule has 0 aliphatic rings. The maximum Gasteiger partial charge on any atom is 0.126 e. The van der Waals surface area contributed by atoms with Gasteiger partial charge in [0.15, 0.2) is 0 Å². The highest BCUT2D eigenvalue weighted by Crippen LogP contribution is 2.18.